The summed E-state index contributed by atoms with van der Waals surface area (Å²) in [4.78, 5) is 19.3. The van der Waals surface area contributed by atoms with E-state index in [0.29, 0.717) is 5.70 Å². The number of carbonyl (C=O) groups is 1. The van der Waals surface area contributed by atoms with Crippen LogP contribution in [0.1, 0.15) is 11.1 Å². The number of rotatable bonds is 5. The number of nitrogens with zero attached hydrogens (tertiary/aromatic N) is 2. The second kappa shape index (κ2) is 8.41. The Kier molecular flexibility index (Phi) is 6.00. The first-order valence-corrected chi connectivity index (χ1v) is 10.5. The molecule has 25 heavy (non-hydrogen) atoms. The van der Waals surface area contributed by atoms with Gasteiger partial charge in [0.15, 0.2) is 5.17 Å². The first-order valence-electron chi connectivity index (χ1n) is 8.07. The van der Waals surface area contributed by atoms with Crippen LogP contribution in [0.4, 0.5) is 5.69 Å². The van der Waals surface area contributed by atoms with E-state index in [-0.39, 0.29) is 5.91 Å². The Labute approximate surface area is 157 Å². The van der Waals surface area contributed by atoms with Crippen LogP contribution in [0.3, 0.4) is 0 Å². The van der Waals surface area contributed by atoms with Crippen molar-refractivity contribution in [3.05, 3.63) is 71.4 Å². The molecule has 0 radical (unpaired) electrons. The molecule has 3 nitrogen and oxygen atoms in total. The van der Waals surface area contributed by atoms with E-state index >= 15 is 0 Å². The van der Waals surface area contributed by atoms with Gasteiger partial charge in [-0.1, -0.05) is 59.8 Å². The summed E-state index contributed by atoms with van der Waals surface area (Å²) >= 11 is 3.42. The molecule has 0 saturated heterocycles. The number of aryl methyl sites for hydroxylation is 1. The summed E-state index contributed by atoms with van der Waals surface area (Å²) in [6.45, 7) is 2.04. The molecule has 0 saturated carbocycles. The lowest BCUT2D eigenvalue weighted by Crippen LogP contribution is -2.30. The lowest BCUT2D eigenvalue weighted by Gasteiger charge is -2.17. The highest BCUT2D eigenvalue weighted by atomic mass is 32.2. The highest BCUT2D eigenvalue weighted by molar-refractivity contribution is 8.15. The van der Waals surface area contributed by atoms with Crippen molar-refractivity contribution in [2.45, 2.75) is 6.92 Å². The highest BCUT2D eigenvalue weighted by Crippen LogP contribution is 2.29. The van der Waals surface area contributed by atoms with Crippen molar-refractivity contribution < 1.29 is 4.79 Å². The van der Waals surface area contributed by atoms with Gasteiger partial charge in [-0.25, -0.2) is 4.99 Å². The van der Waals surface area contributed by atoms with Crippen LogP contribution < -0.4 is 4.90 Å². The molecule has 0 atom stereocenters. The van der Waals surface area contributed by atoms with Crippen LogP contribution in [-0.2, 0) is 4.79 Å². The van der Waals surface area contributed by atoms with Crippen molar-refractivity contribution in [2.75, 3.05) is 22.7 Å². The van der Waals surface area contributed by atoms with E-state index in [2.05, 4.69) is 11.2 Å². The largest absolute Gasteiger partial charge is 0.283 e. The zero-order chi connectivity index (χ0) is 17.6. The molecule has 3 rings (SSSR count). The van der Waals surface area contributed by atoms with Crippen molar-refractivity contribution in [1.82, 2.24) is 0 Å². The monoisotopic (exact) mass is 368 g/mol. The zero-order valence-electron chi connectivity index (χ0n) is 14.3. The second-order valence-electron chi connectivity index (χ2n) is 5.65. The van der Waals surface area contributed by atoms with E-state index in [1.807, 2.05) is 67.6 Å². The molecule has 0 bridgehead atoms. The van der Waals surface area contributed by atoms with Crippen molar-refractivity contribution in [2.24, 2.45) is 4.99 Å². The van der Waals surface area contributed by atoms with Gasteiger partial charge >= 0.3 is 0 Å². The highest BCUT2D eigenvalue weighted by Gasteiger charge is 2.31. The molecule has 1 aliphatic heterocycles. The van der Waals surface area contributed by atoms with E-state index in [4.69, 9.17) is 0 Å². The number of hydrogen-bond donors (Lipinski definition) is 0. The van der Waals surface area contributed by atoms with Crippen molar-refractivity contribution >= 4 is 46.4 Å². The van der Waals surface area contributed by atoms with Crippen LogP contribution in [0, 0.1) is 6.92 Å². The first kappa shape index (κ1) is 17.8. The molecule has 2 aromatic rings. The second-order valence-corrected chi connectivity index (χ2v) is 7.70. The average molecular weight is 369 g/mol. The molecular weight excluding hydrogens is 348 g/mol. The lowest BCUT2D eigenvalue weighted by atomic mass is 10.2. The van der Waals surface area contributed by atoms with Crippen LogP contribution in [-0.4, -0.2) is 28.8 Å². The van der Waals surface area contributed by atoms with Gasteiger partial charge in [-0.05, 0) is 37.0 Å². The molecule has 1 heterocycles. The minimum atomic E-state index is -0.0700. The maximum atomic E-state index is 13.0. The summed E-state index contributed by atoms with van der Waals surface area (Å²) in [5.41, 5.74) is 3.50. The fourth-order valence-electron chi connectivity index (χ4n) is 2.44. The number of benzene rings is 2. The molecule has 0 fully saturated rings. The maximum absolute atomic E-state index is 13.0. The number of amidine groups is 1. The molecule has 1 aliphatic rings. The van der Waals surface area contributed by atoms with E-state index < -0.39 is 0 Å². The van der Waals surface area contributed by atoms with E-state index in [0.717, 1.165) is 27.9 Å². The van der Waals surface area contributed by atoms with Gasteiger partial charge in [0, 0.05) is 11.5 Å². The summed E-state index contributed by atoms with van der Waals surface area (Å²) in [7, 11) is 0. The summed E-state index contributed by atoms with van der Waals surface area (Å²) in [5.74, 6) is 1.88. The van der Waals surface area contributed by atoms with E-state index in [1.54, 1.807) is 28.4 Å². The summed E-state index contributed by atoms with van der Waals surface area (Å²) in [6, 6.07) is 17.8. The van der Waals surface area contributed by atoms with Crippen molar-refractivity contribution in [1.29, 1.82) is 0 Å². The van der Waals surface area contributed by atoms with Gasteiger partial charge in [-0.15, -0.1) is 0 Å². The summed E-state index contributed by atoms with van der Waals surface area (Å²) in [6.07, 6.45) is 3.94. The third-order valence-electron chi connectivity index (χ3n) is 3.74. The van der Waals surface area contributed by atoms with Gasteiger partial charge in [-0.2, -0.15) is 11.8 Å². The topological polar surface area (TPSA) is 32.7 Å². The van der Waals surface area contributed by atoms with Crippen LogP contribution in [0.5, 0.6) is 0 Å². The molecule has 0 aromatic heterocycles. The number of hydrogen-bond acceptors (Lipinski definition) is 4. The number of aliphatic imine (C=N–C) groups is 1. The Morgan fingerprint density at radius 1 is 1.04 bits per heavy atom. The molecule has 128 valence electrons. The molecule has 0 spiro atoms. The predicted octanol–water partition coefficient (Wildman–Crippen LogP) is 4.83. The minimum Gasteiger partial charge on any atom is -0.266 e. The van der Waals surface area contributed by atoms with Gasteiger partial charge in [0.25, 0.3) is 5.91 Å². The Morgan fingerprint density at radius 3 is 2.44 bits per heavy atom. The van der Waals surface area contributed by atoms with Gasteiger partial charge in [0.2, 0.25) is 0 Å². The Balaban J connectivity index is 1.92. The standard InChI is InChI=1S/C20H20N2OS2/c1-15-8-10-17(11-9-15)22-19(23)18(14-16-6-4-3-5-7-16)21-20(22)25-13-12-24-2/h3-11,14H,12-13H2,1-2H3/b18-14-. The Morgan fingerprint density at radius 2 is 1.76 bits per heavy atom. The lowest BCUT2D eigenvalue weighted by molar-refractivity contribution is -0.113. The minimum absolute atomic E-state index is 0.0700. The predicted molar refractivity (Wildman–Crippen MR) is 111 cm³/mol. The molecule has 0 unspecified atom stereocenters. The molecule has 0 N–H and O–H groups in total. The van der Waals surface area contributed by atoms with Crippen LogP contribution in [0.15, 0.2) is 65.3 Å². The number of thioether (sulfide) groups is 2. The van der Waals surface area contributed by atoms with E-state index in [1.165, 1.54) is 5.56 Å². The Bertz CT molecular complexity index is 798. The maximum Gasteiger partial charge on any atom is 0.283 e. The number of amides is 1. The summed E-state index contributed by atoms with van der Waals surface area (Å²) < 4.78 is 0. The van der Waals surface area contributed by atoms with Gasteiger partial charge in [0.05, 0.1) is 5.69 Å². The third-order valence-corrected chi connectivity index (χ3v) is 5.55. The molecule has 5 heteroatoms. The van der Waals surface area contributed by atoms with Crippen LogP contribution >= 0.6 is 23.5 Å². The SMILES string of the molecule is CSCCSC1=N/C(=C\c2ccccc2)C(=O)N1c1ccc(C)cc1. The fraction of sp³-hybridized carbons (Fsp3) is 0.200. The number of anilines is 1. The fourth-order valence-corrected chi connectivity index (χ4v) is 4.10. The molecule has 2 aromatic carbocycles. The van der Waals surface area contributed by atoms with Crippen LogP contribution in [0.2, 0.25) is 0 Å². The summed E-state index contributed by atoms with van der Waals surface area (Å²) in [5, 5.41) is 0.755. The third kappa shape index (κ3) is 4.35. The van der Waals surface area contributed by atoms with Crippen LogP contribution in [0.25, 0.3) is 6.08 Å². The number of carbonyl (C=O) groups excluding carboxylic acids is 1. The molecule has 1 amide bonds. The first-order chi connectivity index (χ1) is 12.2. The van der Waals surface area contributed by atoms with Crippen molar-refractivity contribution in [3.63, 3.8) is 0 Å². The molecule has 0 aliphatic carbocycles. The van der Waals surface area contributed by atoms with Gasteiger partial charge in [-0.3, -0.25) is 9.69 Å². The smallest absolute Gasteiger partial charge is 0.266 e. The normalized spacial score (nSPS) is 15.8. The molecular formula is C20H20N2OS2. The van der Waals surface area contributed by atoms with E-state index in [9.17, 15) is 4.79 Å². The van der Waals surface area contributed by atoms with Gasteiger partial charge in [0.1, 0.15) is 5.70 Å². The Hall–Kier alpha value is -1.98. The zero-order valence-corrected chi connectivity index (χ0v) is 15.9. The average Bonchev–Trinajstić information content (AvgIpc) is 2.93. The quantitative estimate of drug-likeness (QED) is 0.559. The van der Waals surface area contributed by atoms with Crippen molar-refractivity contribution in [3.8, 4) is 0 Å². The van der Waals surface area contributed by atoms with Gasteiger partial charge < -0.3 is 0 Å².